The average molecular weight is 224 g/mol. The van der Waals surface area contributed by atoms with Crippen molar-refractivity contribution in [3.8, 4) is 5.75 Å². The first-order chi connectivity index (χ1) is 7.76. The number of amidine groups is 1. The van der Waals surface area contributed by atoms with Gasteiger partial charge in [-0.15, -0.1) is 0 Å². The second-order valence-corrected chi connectivity index (χ2v) is 3.27. The van der Waals surface area contributed by atoms with E-state index in [2.05, 4.69) is 5.16 Å². The number of rotatable bonds is 6. The zero-order valence-corrected chi connectivity index (χ0v) is 9.22. The molecule has 1 rings (SSSR count). The van der Waals surface area contributed by atoms with Gasteiger partial charge in [0.05, 0.1) is 6.61 Å². The molecule has 1 aromatic carbocycles. The molecule has 0 saturated heterocycles. The van der Waals surface area contributed by atoms with Crippen LogP contribution in [0.15, 0.2) is 29.4 Å². The Morgan fingerprint density at radius 3 is 2.62 bits per heavy atom. The van der Waals surface area contributed by atoms with Crippen LogP contribution in [0.2, 0.25) is 0 Å². The molecular weight excluding hydrogens is 208 g/mol. The van der Waals surface area contributed by atoms with Gasteiger partial charge in [0.2, 0.25) is 0 Å². The van der Waals surface area contributed by atoms with E-state index in [4.69, 9.17) is 20.4 Å². The average Bonchev–Trinajstić information content (AvgIpc) is 2.34. The molecule has 5 heteroatoms. The highest BCUT2D eigenvalue weighted by Gasteiger charge is 1.97. The molecule has 0 spiro atoms. The third-order valence-electron chi connectivity index (χ3n) is 2.03. The molecule has 0 amide bonds. The quantitative estimate of drug-likeness (QED) is 0.327. The zero-order valence-electron chi connectivity index (χ0n) is 9.22. The highest BCUT2D eigenvalue weighted by atomic mass is 16.5. The summed E-state index contributed by atoms with van der Waals surface area (Å²) in [5.41, 5.74) is 6.45. The molecule has 0 atom stereocenters. The van der Waals surface area contributed by atoms with Gasteiger partial charge >= 0.3 is 0 Å². The summed E-state index contributed by atoms with van der Waals surface area (Å²) < 4.78 is 10.2. The van der Waals surface area contributed by atoms with Crippen LogP contribution in [0, 0.1) is 0 Å². The molecule has 0 heterocycles. The molecule has 0 aliphatic carbocycles. The van der Waals surface area contributed by atoms with E-state index in [9.17, 15) is 0 Å². The summed E-state index contributed by atoms with van der Waals surface area (Å²) in [4.78, 5) is 0. The summed E-state index contributed by atoms with van der Waals surface area (Å²) in [5, 5.41) is 11.1. The molecule has 0 aromatic heterocycles. The van der Waals surface area contributed by atoms with Gasteiger partial charge in [-0.25, -0.2) is 0 Å². The highest BCUT2D eigenvalue weighted by molar-refractivity contribution is 5.81. The van der Waals surface area contributed by atoms with Gasteiger partial charge in [-0.3, -0.25) is 0 Å². The summed E-state index contributed by atoms with van der Waals surface area (Å²) in [6, 6.07) is 7.60. The van der Waals surface area contributed by atoms with Crippen LogP contribution in [0.5, 0.6) is 5.75 Å². The Morgan fingerprint density at radius 1 is 1.38 bits per heavy atom. The molecule has 0 aliphatic rings. The van der Waals surface area contributed by atoms with Crippen molar-refractivity contribution >= 4 is 5.84 Å². The van der Waals surface area contributed by atoms with Crippen molar-refractivity contribution in [3.05, 3.63) is 29.8 Å². The van der Waals surface area contributed by atoms with Crippen molar-refractivity contribution < 1.29 is 14.7 Å². The van der Waals surface area contributed by atoms with Gasteiger partial charge in [-0.2, -0.15) is 0 Å². The Morgan fingerprint density at radius 2 is 2.06 bits per heavy atom. The summed E-state index contributed by atoms with van der Waals surface area (Å²) >= 11 is 0. The Labute approximate surface area is 94.5 Å². The molecule has 0 saturated carbocycles. The lowest BCUT2D eigenvalue weighted by Gasteiger charge is -2.06. The van der Waals surface area contributed by atoms with Crippen molar-refractivity contribution in [1.29, 1.82) is 0 Å². The number of ether oxygens (including phenoxy) is 2. The van der Waals surface area contributed by atoms with Crippen LogP contribution in [-0.4, -0.2) is 31.4 Å². The van der Waals surface area contributed by atoms with Crippen LogP contribution in [0.25, 0.3) is 0 Å². The SMILES string of the molecule is COCCc1ccc(OC/C(N)=N/O)cc1. The standard InChI is InChI=1S/C11H16N2O3/c1-15-7-6-9-2-4-10(5-3-9)16-8-11(12)13-14/h2-5,14H,6-8H2,1H3,(H2,12,13). The second kappa shape index (κ2) is 6.68. The number of hydrogen-bond acceptors (Lipinski definition) is 4. The van der Waals surface area contributed by atoms with E-state index < -0.39 is 0 Å². The van der Waals surface area contributed by atoms with E-state index in [-0.39, 0.29) is 12.4 Å². The van der Waals surface area contributed by atoms with E-state index in [0.29, 0.717) is 12.4 Å². The van der Waals surface area contributed by atoms with Crippen LogP contribution in [-0.2, 0) is 11.2 Å². The minimum absolute atomic E-state index is 0.0449. The van der Waals surface area contributed by atoms with Gasteiger partial charge in [-0.05, 0) is 24.1 Å². The fourth-order valence-corrected chi connectivity index (χ4v) is 1.16. The van der Waals surface area contributed by atoms with E-state index in [1.807, 2.05) is 24.3 Å². The lowest BCUT2D eigenvalue weighted by Crippen LogP contribution is -2.20. The van der Waals surface area contributed by atoms with Crippen LogP contribution in [0.1, 0.15) is 5.56 Å². The van der Waals surface area contributed by atoms with Gasteiger partial charge in [-0.1, -0.05) is 17.3 Å². The topological polar surface area (TPSA) is 77.1 Å². The van der Waals surface area contributed by atoms with Gasteiger partial charge < -0.3 is 20.4 Å². The van der Waals surface area contributed by atoms with Crippen molar-refractivity contribution in [1.82, 2.24) is 0 Å². The minimum Gasteiger partial charge on any atom is -0.486 e. The van der Waals surface area contributed by atoms with Crippen molar-refractivity contribution in [2.24, 2.45) is 10.9 Å². The molecule has 88 valence electrons. The second-order valence-electron chi connectivity index (χ2n) is 3.27. The highest BCUT2D eigenvalue weighted by Crippen LogP contribution is 2.12. The van der Waals surface area contributed by atoms with Crippen molar-refractivity contribution in [3.63, 3.8) is 0 Å². The number of oxime groups is 1. The maximum atomic E-state index is 8.32. The molecule has 0 radical (unpaired) electrons. The Hall–Kier alpha value is -1.75. The third kappa shape index (κ3) is 4.18. The van der Waals surface area contributed by atoms with E-state index in [0.717, 1.165) is 6.42 Å². The normalized spacial score (nSPS) is 11.4. The van der Waals surface area contributed by atoms with E-state index in [1.165, 1.54) is 5.56 Å². The maximum absolute atomic E-state index is 8.32. The van der Waals surface area contributed by atoms with Crippen molar-refractivity contribution in [2.45, 2.75) is 6.42 Å². The van der Waals surface area contributed by atoms with Gasteiger partial charge in [0, 0.05) is 7.11 Å². The van der Waals surface area contributed by atoms with Gasteiger partial charge in [0.1, 0.15) is 12.4 Å². The summed E-state index contributed by atoms with van der Waals surface area (Å²) in [7, 11) is 1.68. The Balaban J connectivity index is 2.45. The first-order valence-corrected chi connectivity index (χ1v) is 4.93. The Bertz CT molecular complexity index is 336. The van der Waals surface area contributed by atoms with Crippen molar-refractivity contribution in [2.75, 3.05) is 20.3 Å². The lowest BCUT2D eigenvalue weighted by atomic mass is 10.1. The fourth-order valence-electron chi connectivity index (χ4n) is 1.16. The molecule has 3 N–H and O–H groups in total. The van der Waals surface area contributed by atoms with E-state index in [1.54, 1.807) is 7.11 Å². The monoisotopic (exact) mass is 224 g/mol. The summed E-state index contributed by atoms with van der Waals surface area (Å²) in [6.07, 6.45) is 0.872. The molecule has 16 heavy (non-hydrogen) atoms. The third-order valence-corrected chi connectivity index (χ3v) is 2.03. The predicted molar refractivity (Wildman–Crippen MR) is 60.9 cm³/mol. The number of nitrogens with zero attached hydrogens (tertiary/aromatic N) is 1. The fraction of sp³-hybridized carbons (Fsp3) is 0.364. The van der Waals surface area contributed by atoms with Crippen LogP contribution in [0.3, 0.4) is 0 Å². The largest absolute Gasteiger partial charge is 0.486 e. The number of hydrogen-bond donors (Lipinski definition) is 2. The van der Waals surface area contributed by atoms with E-state index >= 15 is 0 Å². The molecule has 0 unspecified atom stereocenters. The molecule has 0 fully saturated rings. The Kier molecular flexibility index (Phi) is 5.15. The minimum atomic E-state index is 0.0449. The molecular formula is C11H16N2O3. The van der Waals surface area contributed by atoms with Gasteiger partial charge in [0.15, 0.2) is 5.84 Å². The van der Waals surface area contributed by atoms with Crippen LogP contribution in [0.4, 0.5) is 0 Å². The predicted octanol–water partition coefficient (Wildman–Crippen LogP) is 1.00. The molecule has 5 nitrogen and oxygen atoms in total. The first-order valence-electron chi connectivity index (χ1n) is 4.93. The molecule has 0 bridgehead atoms. The van der Waals surface area contributed by atoms with Crippen LogP contribution < -0.4 is 10.5 Å². The van der Waals surface area contributed by atoms with Gasteiger partial charge in [0.25, 0.3) is 0 Å². The molecule has 0 aliphatic heterocycles. The number of methoxy groups -OCH3 is 1. The number of nitrogens with two attached hydrogens (primary N) is 1. The number of benzene rings is 1. The molecule has 1 aromatic rings. The van der Waals surface area contributed by atoms with Crippen LogP contribution >= 0.6 is 0 Å². The summed E-state index contributed by atoms with van der Waals surface area (Å²) in [6.45, 7) is 0.776. The lowest BCUT2D eigenvalue weighted by molar-refractivity contribution is 0.202. The summed E-state index contributed by atoms with van der Waals surface area (Å²) in [5.74, 6) is 0.733. The first kappa shape index (κ1) is 12.3. The zero-order chi connectivity index (χ0) is 11.8. The maximum Gasteiger partial charge on any atom is 0.177 e. The smallest absolute Gasteiger partial charge is 0.177 e.